The van der Waals surface area contributed by atoms with Crippen LogP contribution in [0.2, 0.25) is 0 Å². The molecular formula is C14H20N6O6. The van der Waals surface area contributed by atoms with Gasteiger partial charge >= 0.3 is 17.6 Å². The van der Waals surface area contributed by atoms with Crippen molar-refractivity contribution in [1.29, 1.82) is 0 Å². The number of rotatable bonds is 5. The van der Waals surface area contributed by atoms with Crippen molar-refractivity contribution in [2.45, 2.75) is 26.9 Å². The van der Waals surface area contributed by atoms with E-state index < -0.39 is 16.9 Å². The summed E-state index contributed by atoms with van der Waals surface area (Å²) >= 11 is 0. The Balaban J connectivity index is 0.000000263. The van der Waals surface area contributed by atoms with Gasteiger partial charge in [0, 0.05) is 13.1 Å². The van der Waals surface area contributed by atoms with Gasteiger partial charge in [-0.3, -0.25) is 19.5 Å². The molecule has 0 aliphatic carbocycles. The summed E-state index contributed by atoms with van der Waals surface area (Å²) < 4.78 is 11.7. The van der Waals surface area contributed by atoms with Crippen LogP contribution in [0.1, 0.15) is 34.8 Å². The molecule has 142 valence electrons. The number of anilines is 1. The minimum Gasteiger partial charge on any atom is -0.464 e. The summed E-state index contributed by atoms with van der Waals surface area (Å²) in [6.45, 7) is 4.57. The largest absolute Gasteiger partial charge is 0.464 e. The molecule has 26 heavy (non-hydrogen) atoms. The molecule has 0 saturated heterocycles. The second-order valence-electron chi connectivity index (χ2n) is 4.70. The maximum atomic E-state index is 11.2. The van der Waals surface area contributed by atoms with Gasteiger partial charge in [-0.25, -0.2) is 9.59 Å². The molecule has 0 amide bonds. The molecule has 0 aliphatic heterocycles. The third-order valence-electron chi connectivity index (χ3n) is 3.24. The number of nitrogens with two attached hydrogens (primary N) is 1. The van der Waals surface area contributed by atoms with Gasteiger partial charge in [-0.05, 0) is 13.8 Å². The van der Waals surface area contributed by atoms with Gasteiger partial charge in [0.25, 0.3) is 0 Å². The highest BCUT2D eigenvalue weighted by atomic mass is 16.6. The van der Waals surface area contributed by atoms with Crippen LogP contribution in [0.4, 0.5) is 11.4 Å². The molecule has 0 unspecified atom stereocenters. The maximum absolute atomic E-state index is 11.2. The summed E-state index contributed by atoms with van der Waals surface area (Å²) in [5.74, 6) is -1.21. The Kier molecular flexibility index (Phi) is 7.25. The van der Waals surface area contributed by atoms with E-state index in [4.69, 9.17) is 5.73 Å². The number of carbonyl (C=O) groups is 2. The summed E-state index contributed by atoms with van der Waals surface area (Å²) in [4.78, 5) is 32.2. The second-order valence-corrected chi connectivity index (χ2v) is 4.70. The molecule has 0 bridgehead atoms. The van der Waals surface area contributed by atoms with Crippen LogP contribution in [-0.4, -0.2) is 50.6 Å². The van der Waals surface area contributed by atoms with Crippen molar-refractivity contribution in [2.75, 3.05) is 20.0 Å². The molecule has 12 nitrogen and oxygen atoms in total. The van der Waals surface area contributed by atoms with E-state index in [2.05, 4.69) is 19.7 Å². The lowest BCUT2D eigenvalue weighted by atomic mass is 10.3. The lowest BCUT2D eigenvalue weighted by Crippen LogP contribution is -2.12. The maximum Gasteiger partial charge on any atom is 0.363 e. The Labute approximate surface area is 148 Å². The van der Waals surface area contributed by atoms with Gasteiger partial charge in [0.05, 0.1) is 31.0 Å². The van der Waals surface area contributed by atoms with Gasteiger partial charge in [-0.15, -0.1) is 0 Å². The number of ether oxygens (including phenoxy) is 2. The lowest BCUT2D eigenvalue weighted by molar-refractivity contribution is -0.385. The molecule has 2 rings (SSSR count). The average molecular weight is 368 g/mol. The number of hydrogen-bond acceptors (Lipinski definition) is 9. The Morgan fingerprint density at radius 3 is 2.00 bits per heavy atom. The fraction of sp³-hybridized carbons (Fsp3) is 0.429. The zero-order valence-electron chi connectivity index (χ0n) is 14.8. The van der Waals surface area contributed by atoms with Crippen LogP contribution in [0.15, 0.2) is 12.4 Å². The molecule has 0 radical (unpaired) electrons. The van der Waals surface area contributed by atoms with E-state index in [0.29, 0.717) is 24.5 Å². The highest BCUT2D eigenvalue weighted by Crippen LogP contribution is 2.18. The molecule has 12 heteroatoms. The quantitative estimate of drug-likeness (QED) is 0.459. The zero-order valence-corrected chi connectivity index (χ0v) is 14.8. The van der Waals surface area contributed by atoms with Gasteiger partial charge in [0.15, 0.2) is 5.69 Å². The van der Waals surface area contributed by atoms with Crippen LogP contribution in [-0.2, 0) is 22.6 Å². The van der Waals surface area contributed by atoms with E-state index in [1.54, 1.807) is 6.92 Å². The third-order valence-corrected chi connectivity index (χ3v) is 3.24. The van der Waals surface area contributed by atoms with Crippen molar-refractivity contribution in [3.05, 3.63) is 33.9 Å². The molecule has 0 aromatic carbocycles. The number of esters is 2. The van der Waals surface area contributed by atoms with Gasteiger partial charge in [-0.2, -0.15) is 10.2 Å². The minimum atomic E-state index is -0.754. The van der Waals surface area contributed by atoms with Crippen LogP contribution in [0.5, 0.6) is 0 Å². The van der Waals surface area contributed by atoms with Gasteiger partial charge in [-0.1, -0.05) is 0 Å². The fourth-order valence-corrected chi connectivity index (χ4v) is 2.01. The minimum absolute atomic E-state index is 0.125. The highest BCUT2D eigenvalue weighted by Gasteiger charge is 2.26. The topological polar surface area (TPSA) is 157 Å². The SMILES string of the molecule is CCn1ncc(N)c1C(=O)OC.CCn1ncc([N+](=O)[O-])c1C(=O)OC. The van der Waals surface area contributed by atoms with E-state index in [1.807, 2.05) is 6.92 Å². The van der Waals surface area contributed by atoms with Crippen LogP contribution >= 0.6 is 0 Å². The molecule has 0 fully saturated rings. The monoisotopic (exact) mass is 368 g/mol. The molecule has 2 heterocycles. The number of nitrogen functional groups attached to an aromatic ring is 1. The Morgan fingerprint density at radius 1 is 1.08 bits per heavy atom. The average Bonchev–Trinajstić information content (AvgIpc) is 3.24. The molecule has 0 aliphatic rings. The highest BCUT2D eigenvalue weighted by molar-refractivity contribution is 5.93. The van der Waals surface area contributed by atoms with Crippen molar-refractivity contribution in [3.63, 3.8) is 0 Å². The molecule has 2 aromatic heterocycles. The number of hydrogen-bond donors (Lipinski definition) is 1. The molecule has 2 aromatic rings. The predicted molar refractivity (Wildman–Crippen MR) is 89.5 cm³/mol. The van der Waals surface area contributed by atoms with E-state index in [0.717, 1.165) is 6.20 Å². The van der Waals surface area contributed by atoms with E-state index >= 15 is 0 Å². The number of aromatic nitrogens is 4. The van der Waals surface area contributed by atoms with E-state index in [-0.39, 0.29) is 11.4 Å². The number of aryl methyl sites for hydroxylation is 2. The Hall–Kier alpha value is -3.44. The van der Waals surface area contributed by atoms with E-state index in [1.165, 1.54) is 29.8 Å². The van der Waals surface area contributed by atoms with Crippen molar-refractivity contribution in [1.82, 2.24) is 19.6 Å². The standard InChI is InChI=1S/C7H9N3O4.C7H11N3O2/c1-3-9-6(7(11)14-2)5(4-8-9)10(12)13;1-3-10-6(7(11)12-2)5(8)4-9-10/h4H,3H2,1-2H3;4H,3,8H2,1-2H3. The van der Waals surface area contributed by atoms with E-state index in [9.17, 15) is 19.7 Å². The summed E-state index contributed by atoms with van der Waals surface area (Å²) in [5.41, 5.74) is 5.72. The van der Waals surface area contributed by atoms with Crippen molar-refractivity contribution < 1.29 is 24.0 Å². The van der Waals surface area contributed by atoms with Crippen LogP contribution in [0.25, 0.3) is 0 Å². The summed E-state index contributed by atoms with van der Waals surface area (Å²) in [6, 6.07) is 0. The van der Waals surface area contributed by atoms with Crippen LogP contribution in [0, 0.1) is 10.1 Å². The Morgan fingerprint density at radius 2 is 1.54 bits per heavy atom. The van der Waals surface area contributed by atoms with Gasteiger partial charge < -0.3 is 15.2 Å². The smallest absolute Gasteiger partial charge is 0.363 e. The first-order valence-electron chi connectivity index (χ1n) is 7.50. The number of carbonyl (C=O) groups excluding carboxylic acids is 2. The first-order chi connectivity index (χ1) is 12.3. The molecule has 2 N–H and O–H groups in total. The predicted octanol–water partition coefficient (Wildman–Crippen LogP) is 0.870. The molecular weight excluding hydrogens is 348 g/mol. The van der Waals surface area contributed by atoms with Crippen LogP contribution in [0.3, 0.4) is 0 Å². The lowest BCUT2D eigenvalue weighted by Gasteiger charge is -2.02. The summed E-state index contributed by atoms with van der Waals surface area (Å²) in [7, 11) is 2.48. The molecule has 0 atom stereocenters. The normalized spacial score (nSPS) is 9.85. The third kappa shape index (κ3) is 4.34. The first-order valence-corrected chi connectivity index (χ1v) is 7.50. The van der Waals surface area contributed by atoms with Gasteiger partial charge in [0.1, 0.15) is 6.20 Å². The number of nitro groups is 1. The number of nitrogens with zero attached hydrogens (tertiary/aromatic N) is 5. The molecule has 0 spiro atoms. The Bertz CT molecular complexity index is 796. The zero-order chi connectivity index (χ0) is 19.9. The van der Waals surface area contributed by atoms with Crippen molar-refractivity contribution in [2.24, 2.45) is 0 Å². The summed E-state index contributed by atoms with van der Waals surface area (Å²) in [5, 5.41) is 18.1. The summed E-state index contributed by atoms with van der Waals surface area (Å²) in [6.07, 6.45) is 2.48. The fourth-order valence-electron chi connectivity index (χ4n) is 2.01. The second kappa shape index (κ2) is 9.15. The first kappa shape index (κ1) is 20.6. The van der Waals surface area contributed by atoms with Crippen molar-refractivity contribution in [3.8, 4) is 0 Å². The van der Waals surface area contributed by atoms with Crippen molar-refractivity contribution >= 4 is 23.3 Å². The van der Waals surface area contributed by atoms with Gasteiger partial charge in [0.2, 0.25) is 5.69 Å². The molecule has 0 saturated carbocycles. The van der Waals surface area contributed by atoms with Crippen LogP contribution < -0.4 is 5.73 Å². The number of methoxy groups -OCH3 is 2.